The van der Waals surface area contributed by atoms with Crippen molar-refractivity contribution in [2.24, 2.45) is 0 Å². The molecule has 0 bridgehead atoms. The van der Waals surface area contributed by atoms with Crippen LogP contribution >= 0.6 is 0 Å². The molecule has 0 aromatic heterocycles. The molecule has 0 saturated carbocycles. The van der Waals surface area contributed by atoms with Gasteiger partial charge in [-0.05, 0) is 48.2 Å². The maximum atomic E-state index is 13.2. The smallest absolute Gasteiger partial charge is 0.242 e. The fourth-order valence-corrected chi connectivity index (χ4v) is 3.13. The van der Waals surface area contributed by atoms with Crippen molar-refractivity contribution in [2.75, 3.05) is 13.7 Å². The lowest BCUT2D eigenvalue weighted by molar-refractivity contribution is -0.140. The molecule has 0 heterocycles. The van der Waals surface area contributed by atoms with Gasteiger partial charge in [0.25, 0.3) is 0 Å². The molecule has 2 aromatic rings. The number of amides is 2. The van der Waals surface area contributed by atoms with E-state index in [9.17, 15) is 14.0 Å². The molecule has 1 N–H and O–H groups in total. The average Bonchev–Trinajstić information content (AvgIpc) is 2.73. The minimum atomic E-state index is -0.583. The van der Waals surface area contributed by atoms with Crippen molar-refractivity contribution in [3.63, 3.8) is 0 Å². The van der Waals surface area contributed by atoms with E-state index in [1.54, 1.807) is 24.1 Å². The Morgan fingerprint density at radius 1 is 1.10 bits per heavy atom. The zero-order valence-corrected chi connectivity index (χ0v) is 17.3. The highest BCUT2D eigenvalue weighted by molar-refractivity contribution is 5.88. The number of carbonyl (C=O) groups is 2. The van der Waals surface area contributed by atoms with Crippen molar-refractivity contribution in [1.29, 1.82) is 0 Å². The molecule has 0 aliphatic carbocycles. The van der Waals surface area contributed by atoms with Crippen molar-refractivity contribution < 1.29 is 18.7 Å². The third-order valence-corrected chi connectivity index (χ3v) is 4.69. The van der Waals surface area contributed by atoms with Gasteiger partial charge in [0.2, 0.25) is 11.8 Å². The summed E-state index contributed by atoms with van der Waals surface area (Å²) >= 11 is 0. The summed E-state index contributed by atoms with van der Waals surface area (Å²) in [6.45, 7) is 4.72. The lowest BCUT2D eigenvalue weighted by atomic mass is 10.1. The van der Waals surface area contributed by atoms with Gasteiger partial charge in [-0.1, -0.05) is 38.1 Å². The Morgan fingerprint density at radius 2 is 1.83 bits per heavy atom. The van der Waals surface area contributed by atoms with Crippen LogP contribution in [0.5, 0.6) is 5.75 Å². The Kier molecular flexibility index (Phi) is 8.65. The molecule has 156 valence electrons. The summed E-state index contributed by atoms with van der Waals surface area (Å²) in [5.74, 6) is -0.000593. The Bertz CT molecular complexity index is 808. The molecule has 0 aliphatic rings. The summed E-state index contributed by atoms with van der Waals surface area (Å²) in [6, 6.07) is 12.7. The fourth-order valence-electron chi connectivity index (χ4n) is 3.13. The summed E-state index contributed by atoms with van der Waals surface area (Å²) in [5, 5.41) is 2.89. The highest BCUT2D eigenvalue weighted by atomic mass is 19.1. The van der Waals surface area contributed by atoms with E-state index in [2.05, 4.69) is 5.32 Å². The zero-order valence-electron chi connectivity index (χ0n) is 17.3. The van der Waals surface area contributed by atoms with E-state index in [1.165, 1.54) is 12.1 Å². The molecule has 0 saturated heterocycles. The van der Waals surface area contributed by atoms with Crippen LogP contribution in [0.4, 0.5) is 4.39 Å². The summed E-state index contributed by atoms with van der Waals surface area (Å²) in [5.41, 5.74) is 1.58. The van der Waals surface area contributed by atoms with Crippen molar-refractivity contribution in [3.8, 4) is 5.75 Å². The lowest BCUT2D eigenvalue weighted by Crippen LogP contribution is -2.49. The highest BCUT2D eigenvalue weighted by Gasteiger charge is 2.28. The predicted octanol–water partition coefficient (Wildman–Crippen LogP) is 3.71. The quantitative estimate of drug-likeness (QED) is 0.661. The molecular formula is C23H29FN2O3. The third kappa shape index (κ3) is 6.59. The van der Waals surface area contributed by atoms with E-state index in [4.69, 9.17) is 4.74 Å². The summed E-state index contributed by atoms with van der Waals surface area (Å²) < 4.78 is 18.5. The van der Waals surface area contributed by atoms with Gasteiger partial charge < -0.3 is 15.0 Å². The molecule has 0 aliphatic heterocycles. The normalized spacial score (nSPS) is 11.6. The molecule has 0 spiro atoms. The fraction of sp³-hybridized carbons (Fsp3) is 0.391. The van der Waals surface area contributed by atoms with Crippen LogP contribution in [0.15, 0.2) is 48.5 Å². The van der Waals surface area contributed by atoms with E-state index < -0.39 is 6.04 Å². The molecule has 0 radical (unpaired) electrons. The molecule has 0 unspecified atom stereocenters. The molecular weight excluding hydrogens is 371 g/mol. The van der Waals surface area contributed by atoms with E-state index in [-0.39, 0.29) is 30.6 Å². The highest BCUT2D eigenvalue weighted by Crippen LogP contribution is 2.18. The first-order valence-corrected chi connectivity index (χ1v) is 9.93. The maximum Gasteiger partial charge on any atom is 0.242 e. The predicted molar refractivity (Wildman–Crippen MR) is 111 cm³/mol. The van der Waals surface area contributed by atoms with Crippen molar-refractivity contribution >= 4 is 11.8 Å². The first-order valence-electron chi connectivity index (χ1n) is 9.93. The number of carbonyl (C=O) groups excluding carboxylic acids is 2. The SMILES string of the molecule is CCCNC(=O)[C@H](CC)N(Cc1cccc(OC)c1)C(=O)Cc1ccc(F)cc1. The van der Waals surface area contributed by atoms with Gasteiger partial charge in [-0.15, -0.1) is 0 Å². The van der Waals surface area contributed by atoms with Gasteiger partial charge >= 0.3 is 0 Å². The second-order valence-corrected chi connectivity index (χ2v) is 6.89. The molecule has 1 atom stereocenters. The van der Waals surface area contributed by atoms with E-state index in [1.807, 2.05) is 38.1 Å². The number of nitrogens with one attached hydrogen (secondary N) is 1. The largest absolute Gasteiger partial charge is 0.497 e. The van der Waals surface area contributed by atoms with Gasteiger partial charge in [0.05, 0.1) is 13.5 Å². The van der Waals surface area contributed by atoms with Crippen LogP contribution in [-0.4, -0.2) is 36.4 Å². The van der Waals surface area contributed by atoms with Crippen molar-refractivity contribution in [3.05, 3.63) is 65.5 Å². The maximum absolute atomic E-state index is 13.2. The number of hydrogen-bond donors (Lipinski definition) is 1. The monoisotopic (exact) mass is 400 g/mol. The van der Waals surface area contributed by atoms with Crippen LogP contribution in [0.1, 0.15) is 37.8 Å². The van der Waals surface area contributed by atoms with Crippen LogP contribution < -0.4 is 10.1 Å². The number of benzene rings is 2. The minimum absolute atomic E-state index is 0.0990. The topological polar surface area (TPSA) is 58.6 Å². The number of rotatable bonds is 10. The number of methoxy groups -OCH3 is 1. The van der Waals surface area contributed by atoms with Gasteiger partial charge in [-0.2, -0.15) is 0 Å². The number of halogens is 1. The number of hydrogen-bond acceptors (Lipinski definition) is 3. The van der Waals surface area contributed by atoms with Crippen LogP contribution in [0, 0.1) is 5.82 Å². The summed E-state index contributed by atoms with van der Waals surface area (Å²) in [6.07, 6.45) is 1.41. The molecule has 2 aromatic carbocycles. The molecule has 2 rings (SSSR count). The van der Waals surface area contributed by atoms with Gasteiger partial charge in [0.1, 0.15) is 17.6 Å². The third-order valence-electron chi connectivity index (χ3n) is 4.69. The van der Waals surface area contributed by atoms with Crippen LogP contribution in [0.3, 0.4) is 0 Å². The Morgan fingerprint density at radius 3 is 2.45 bits per heavy atom. The molecule has 29 heavy (non-hydrogen) atoms. The Balaban J connectivity index is 2.27. The Hall–Kier alpha value is -2.89. The van der Waals surface area contributed by atoms with Gasteiger partial charge in [-0.3, -0.25) is 9.59 Å². The molecule has 5 nitrogen and oxygen atoms in total. The van der Waals surface area contributed by atoms with Crippen LogP contribution in [0.2, 0.25) is 0 Å². The first-order chi connectivity index (χ1) is 14.0. The van der Waals surface area contributed by atoms with Gasteiger partial charge in [0, 0.05) is 13.1 Å². The lowest BCUT2D eigenvalue weighted by Gasteiger charge is -2.31. The molecule has 6 heteroatoms. The second-order valence-electron chi connectivity index (χ2n) is 6.89. The zero-order chi connectivity index (χ0) is 21.2. The van der Waals surface area contributed by atoms with Crippen molar-refractivity contribution in [2.45, 2.75) is 45.7 Å². The van der Waals surface area contributed by atoms with E-state index >= 15 is 0 Å². The molecule has 0 fully saturated rings. The second kappa shape index (κ2) is 11.2. The van der Waals surface area contributed by atoms with Gasteiger partial charge in [0.15, 0.2) is 0 Å². The van der Waals surface area contributed by atoms with E-state index in [0.717, 1.165) is 12.0 Å². The van der Waals surface area contributed by atoms with Crippen LogP contribution in [0.25, 0.3) is 0 Å². The van der Waals surface area contributed by atoms with Crippen LogP contribution in [-0.2, 0) is 22.6 Å². The standard InChI is InChI=1S/C23H29FN2O3/c1-4-13-25-23(28)21(5-2)26(16-18-7-6-8-20(14-18)29-3)22(27)15-17-9-11-19(24)12-10-17/h6-12,14,21H,4-5,13,15-16H2,1-3H3,(H,25,28)/t21-/m0/s1. The number of nitrogens with zero attached hydrogens (tertiary/aromatic N) is 1. The van der Waals surface area contributed by atoms with Crippen molar-refractivity contribution in [1.82, 2.24) is 10.2 Å². The summed E-state index contributed by atoms with van der Waals surface area (Å²) in [7, 11) is 1.59. The number of ether oxygens (including phenoxy) is 1. The first kappa shape index (κ1) is 22.4. The van der Waals surface area contributed by atoms with E-state index in [0.29, 0.717) is 24.3 Å². The minimum Gasteiger partial charge on any atom is -0.497 e. The average molecular weight is 400 g/mol. The summed E-state index contributed by atoms with van der Waals surface area (Å²) in [4.78, 5) is 27.5. The Labute approximate surface area is 171 Å². The van der Waals surface area contributed by atoms with Gasteiger partial charge in [-0.25, -0.2) is 4.39 Å². The molecule has 2 amide bonds.